The van der Waals surface area contributed by atoms with E-state index in [-0.39, 0.29) is 17.6 Å². The average molecular weight is 471 g/mol. The molecule has 0 aromatic heterocycles. The molecule has 5 rings (SSSR count). The fraction of sp³-hybridized carbons (Fsp3) is 0.231. The Morgan fingerprint density at radius 3 is 2.60 bits per heavy atom. The molecule has 35 heavy (non-hydrogen) atoms. The molecule has 1 amide bonds. The van der Waals surface area contributed by atoms with Crippen LogP contribution in [0.3, 0.4) is 0 Å². The van der Waals surface area contributed by atoms with Gasteiger partial charge in [-0.05, 0) is 54.4 Å². The maximum absolute atomic E-state index is 13.5. The van der Waals surface area contributed by atoms with Gasteiger partial charge in [-0.15, -0.1) is 0 Å². The summed E-state index contributed by atoms with van der Waals surface area (Å²) in [5.41, 5.74) is 3.50. The number of para-hydroxylation sites is 1. The molecular weight excluding hydrogens is 449 g/mol. The van der Waals surface area contributed by atoms with Crippen LogP contribution in [0.4, 0.5) is 27.1 Å². The molecule has 3 aromatic rings. The van der Waals surface area contributed by atoms with Gasteiger partial charge in [0.25, 0.3) is 5.69 Å². The Labute approximate surface area is 201 Å². The van der Waals surface area contributed by atoms with Crippen LogP contribution in [0.25, 0.3) is 0 Å². The van der Waals surface area contributed by atoms with Gasteiger partial charge in [-0.1, -0.05) is 12.1 Å². The quantitative estimate of drug-likeness (QED) is 0.454. The van der Waals surface area contributed by atoms with Crippen LogP contribution in [-0.4, -0.2) is 36.5 Å². The third-order valence-corrected chi connectivity index (χ3v) is 6.72. The third kappa shape index (κ3) is 4.26. The number of nitro benzene ring substituents is 1. The van der Waals surface area contributed by atoms with Crippen LogP contribution in [-0.2, 0) is 11.2 Å². The summed E-state index contributed by atoms with van der Waals surface area (Å²) in [5, 5.41) is 23.8. The van der Waals surface area contributed by atoms with Crippen molar-refractivity contribution in [2.45, 2.75) is 12.5 Å². The van der Waals surface area contributed by atoms with Gasteiger partial charge in [0.15, 0.2) is 0 Å². The second-order valence-electron chi connectivity index (χ2n) is 8.71. The Morgan fingerprint density at radius 1 is 1.09 bits per heavy atom. The lowest BCUT2D eigenvalue weighted by Gasteiger charge is -2.49. The second kappa shape index (κ2) is 9.06. The molecule has 9 heteroatoms. The lowest BCUT2D eigenvalue weighted by Crippen LogP contribution is -2.60. The Kier molecular flexibility index (Phi) is 5.79. The highest BCUT2D eigenvalue weighted by atomic mass is 19.1. The number of nitrogens with zero attached hydrogens (tertiary/aromatic N) is 4. The zero-order chi connectivity index (χ0) is 24.5. The molecule has 8 nitrogen and oxygen atoms in total. The van der Waals surface area contributed by atoms with Crippen LogP contribution >= 0.6 is 0 Å². The second-order valence-corrected chi connectivity index (χ2v) is 8.71. The number of anilines is 3. The first-order chi connectivity index (χ1) is 16.9. The zero-order valence-corrected chi connectivity index (χ0v) is 18.7. The van der Waals surface area contributed by atoms with Crippen molar-refractivity contribution in [1.82, 2.24) is 0 Å². The molecule has 1 N–H and O–H groups in total. The van der Waals surface area contributed by atoms with E-state index in [4.69, 9.17) is 0 Å². The molecule has 176 valence electrons. The van der Waals surface area contributed by atoms with E-state index in [0.29, 0.717) is 37.3 Å². The van der Waals surface area contributed by atoms with Crippen LogP contribution in [0.15, 0.2) is 66.7 Å². The minimum Gasteiger partial charge on any atom is -0.367 e. The Hall–Kier alpha value is -4.45. The van der Waals surface area contributed by atoms with Crippen molar-refractivity contribution in [3.8, 4) is 6.07 Å². The molecule has 1 saturated heterocycles. The molecule has 0 spiro atoms. The molecule has 2 aliphatic rings. The molecular formula is C26H22FN5O3. The van der Waals surface area contributed by atoms with Crippen LogP contribution in [0.5, 0.6) is 0 Å². The summed E-state index contributed by atoms with van der Waals surface area (Å²) in [7, 11) is 0. The number of hydrogen-bond donors (Lipinski definition) is 1. The number of benzene rings is 3. The topological polar surface area (TPSA) is 103 Å². The minimum atomic E-state index is -0.508. The van der Waals surface area contributed by atoms with Crippen LogP contribution < -0.4 is 15.1 Å². The summed E-state index contributed by atoms with van der Waals surface area (Å²) in [5.74, 6) is -1.14. The van der Waals surface area contributed by atoms with Crippen LogP contribution in [0.2, 0.25) is 0 Å². The van der Waals surface area contributed by atoms with E-state index < -0.39 is 16.7 Å². The molecule has 0 aliphatic carbocycles. The fourth-order valence-corrected chi connectivity index (χ4v) is 5.05. The number of piperazine rings is 1. The largest absolute Gasteiger partial charge is 0.367 e. The zero-order valence-electron chi connectivity index (χ0n) is 18.7. The van der Waals surface area contributed by atoms with Gasteiger partial charge in [0.05, 0.1) is 28.1 Å². The van der Waals surface area contributed by atoms with Gasteiger partial charge in [-0.25, -0.2) is 4.39 Å². The number of carbonyl (C=O) groups excluding carboxylic acids is 1. The van der Waals surface area contributed by atoms with Crippen LogP contribution in [0.1, 0.15) is 11.1 Å². The highest BCUT2D eigenvalue weighted by Crippen LogP contribution is 2.39. The number of nitrogens with one attached hydrogen (secondary N) is 1. The van der Waals surface area contributed by atoms with E-state index >= 15 is 0 Å². The number of amides is 1. The van der Waals surface area contributed by atoms with Gasteiger partial charge in [-0.2, -0.15) is 5.26 Å². The molecule has 2 atom stereocenters. The van der Waals surface area contributed by atoms with Crippen molar-refractivity contribution in [2.24, 2.45) is 5.92 Å². The van der Waals surface area contributed by atoms with Crippen molar-refractivity contribution in [2.75, 3.05) is 34.8 Å². The van der Waals surface area contributed by atoms with Gasteiger partial charge in [0.1, 0.15) is 11.9 Å². The lowest BCUT2D eigenvalue weighted by molar-refractivity contribution is -0.384. The number of fused-ring (bicyclic) bond motifs is 3. The monoisotopic (exact) mass is 471 g/mol. The summed E-state index contributed by atoms with van der Waals surface area (Å²) >= 11 is 0. The van der Waals surface area contributed by atoms with E-state index in [1.807, 2.05) is 18.2 Å². The third-order valence-electron chi connectivity index (χ3n) is 6.72. The van der Waals surface area contributed by atoms with Crippen molar-refractivity contribution in [3.05, 3.63) is 93.8 Å². The molecule has 1 fully saturated rings. The summed E-state index contributed by atoms with van der Waals surface area (Å²) in [4.78, 5) is 28.7. The maximum Gasteiger partial charge on any atom is 0.269 e. The number of rotatable bonds is 4. The highest BCUT2D eigenvalue weighted by molar-refractivity contribution is 5.94. The van der Waals surface area contributed by atoms with E-state index in [1.54, 1.807) is 18.2 Å². The predicted octanol–water partition coefficient (Wildman–Crippen LogP) is 4.11. The van der Waals surface area contributed by atoms with Crippen molar-refractivity contribution >= 4 is 28.7 Å². The predicted molar refractivity (Wildman–Crippen MR) is 130 cm³/mol. The number of nitro groups is 1. The van der Waals surface area contributed by atoms with Gasteiger partial charge >= 0.3 is 0 Å². The molecule has 0 saturated carbocycles. The molecule has 0 radical (unpaired) electrons. The molecule has 2 heterocycles. The van der Waals surface area contributed by atoms with E-state index in [1.165, 1.54) is 30.3 Å². The number of nitriles is 1. The van der Waals surface area contributed by atoms with E-state index in [0.717, 1.165) is 16.9 Å². The van der Waals surface area contributed by atoms with Crippen molar-refractivity contribution in [1.29, 1.82) is 5.26 Å². The number of carbonyl (C=O) groups is 1. The maximum atomic E-state index is 13.5. The van der Waals surface area contributed by atoms with Gasteiger partial charge in [0, 0.05) is 43.1 Å². The lowest BCUT2D eigenvalue weighted by atomic mass is 9.83. The normalized spacial score (nSPS) is 18.7. The first-order valence-electron chi connectivity index (χ1n) is 11.3. The Bertz CT molecular complexity index is 1340. The number of hydrogen-bond acceptors (Lipinski definition) is 6. The minimum absolute atomic E-state index is 0.0125. The standard InChI is InChI=1S/C26H22FN5O3/c27-19-5-7-20(8-6-19)29-26(33)22-14-18-13-21(32(34)35)9-10-24(18)31-12-11-30(16-25(22)31)23-4-2-1-3-17(23)15-28/h1-10,13,22,25H,11-12,14,16H2,(H,29,33). The van der Waals surface area contributed by atoms with Gasteiger partial charge in [0.2, 0.25) is 5.91 Å². The van der Waals surface area contributed by atoms with Gasteiger partial charge in [-0.3, -0.25) is 14.9 Å². The Morgan fingerprint density at radius 2 is 1.86 bits per heavy atom. The highest BCUT2D eigenvalue weighted by Gasteiger charge is 2.42. The summed E-state index contributed by atoms with van der Waals surface area (Å²) in [6.45, 7) is 1.74. The first kappa shape index (κ1) is 22.3. The summed E-state index contributed by atoms with van der Waals surface area (Å²) < 4.78 is 13.3. The van der Waals surface area contributed by atoms with Crippen molar-refractivity contribution in [3.63, 3.8) is 0 Å². The Balaban J connectivity index is 1.50. The molecule has 2 unspecified atom stereocenters. The smallest absolute Gasteiger partial charge is 0.269 e. The average Bonchev–Trinajstić information content (AvgIpc) is 2.88. The van der Waals surface area contributed by atoms with Crippen molar-refractivity contribution < 1.29 is 14.1 Å². The number of non-ortho nitro benzene ring substituents is 1. The van der Waals surface area contributed by atoms with E-state index in [2.05, 4.69) is 21.2 Å². The SMILES string of the molecule is N#Cc1ccccc1N1CCN2c3ccc([N+](=O)[O-])cc3CC(C(=O)Nc3ccc(F)cc3)C2C1. The van der Waals surface area contributed by atoms with Crippen LogP contribution in [0, 0.1) is 33.2 Å². The molecule has 3 aromatic carbocycles. The summed E-state index contributed by atoms with van der Waals surface area (Å²) in [6, 6.07) is 19.8. The van der Waals surface area contributed by atoms with Gasteiger partial charge < -0.3 is 15.1 Å². The molecule has 0 bridgehead atoms. The summed E-state index contributed by atoms with van der Waals surface area (Å²) in [6.07, 6.45) is 0.332. The van der Waals surface area contributed by atoms with E-state index in [9.17, 15) is 24.6 Å². The fourth-order valence-electron chi connectivity index (χ4n) is 5.05. The number of halogens is 1. The first-order valence-corrected chi connectivity index (χ1v) is 11.3. The molecule has 2 aliphatic heterocycles.